The number of nitrogens with zero attached hydrogens (tertiary/aromatic N) is 1. The number of carboxylic acid groups (broad SMARTS) is 2. The number of amides is 2. The Morgan fingerprint density at radius 1 is 1.02 bits per heavy atom. The van der Waals surface area contributed by atoms with Crippen molar-refractivity contribution in [2.45, 2.75) is 68.9 Å². The second kappa shape index (κ2) is 16.2. The Labute approximate surface area is 268 Å². The van der Waals surface area contributed by atoms with E-state index < -0.39 is 68.6 Å². The zero-order chi connectivity index (χ0) is 33.4. The van der Waals surface area contributed by atoms with Crippen molar-refractivity contribution < 1.29 is 58.6 Å². The van der Waals surface area contributed by atoms with Gasteiger partial charge in [0.25, 0.3) is 5.91 Å². The van der Waals surface area contributed by atoms with Crippen molar-refractivity contribution in [3.8, 4) is 11.3 Å². The summed E-state index contributed by atoms with van der Waals surface area (Å²) < 4.78 is 11.3. The molecule has 0 spiro atoms. The number of nitrogens with one attached hydrogen (secondary N) is 2. The van der Waals surface area contributed by atoms with E-state index in [0.29, 0.717) is 34.4 Å². The number of carbonyl (C=O) groups is 4. The smallest absolute Gasteiger partial charge is 0.478 e. The molecule has 15 nitrogen and oxygen atoms in total. The molecule has 2 amide bonds. The van der Waals surface area contributed by atoms with E-state index in [-0.39, 0.29) is 49.2 Å². The molecule has 4 rings (SSSR count). The lowest BCUT2D eigenvalue weighted by Gasteiger charge is -2.31. The van der Waals surface area contributed by atoms with Crippen LogP contribution >= 0.6 is 11.3 Å². The molecule has 0 unspecified atom stereocenters. The average molecular weight is 659 g/mol. The summed E-state index contributed by atoms with van der Waals surface area (Å²) in [5.74, 6) is -4.36. The average Bonchev–Trinajstić information content (AvgIpc) is 3.47. The van der Waals surface area contributed by atoms with E-state index >= 15 is 0 Å². The van der Waals surface area contributed by atoms with Gasteiger partial charge in [0.2, 0.25) is 17.3 Å². The number of hydrogen-bond acceptors (Lipinski definition) is 11. The zero-order valence-electron chi connectivity index (χ0n) is 24.7. The zero-order valence-corrected chi connectivity index (χ0v) is 25.6. The number of rotatable bonds is 13. The van der Waals surface area contributed by atoms with Crippen LogP contribution in [0.25, 0.3) is 16.8 Å². The van der Waals surface area contributed by atoms with Crippen LogP contribution in [0.2, 0.25) is 5.82 Å². The minimum absolute atomic E-state index is 0.0845. The largest absolute Gasteiger partial charge is 0.618 e. The highest BCUT2D eigenvalue weighted by Gasteiger charge is 2.38. The third-order valence-electron chi connectivity index (χ3n) is 7.82. The van der Waals surface area contributed by atoms with E-state index in [1.165, 1.54) is 12.1 Å². The molecule has 0 radical (unpaired) electrons. The van der Waals surface area contributed by atoms with Gasteiger partial charge < -0.3 is 50.5 Å². The van der Waals surface area contributed by atoms with Crippen LogP contribution in [0, 0.1) is 5.21 Å². The molecule has 0 aromatic carbocycles. The fourth-order valence-corrected chi connectivity index (χ4v) is 6.37. The SMILES string of the molecule is O=C(O)C[C@@H]1CC[C@H](CNC(=O)Cc2cccc(-c3csc(/C(=C/CO)C(=O)N[C@H]4CC[C@@H](CC(=O)O)OB4O)c3)[n+]2[O-])B(O)O1. The molecule has 2 fully saturated rings. The van der Waals surface area contributed by atoms with Gasteiger partial charge in [0.05, 0.1) is 48.7 Å². The maximum atomic E-state index is 13.2. The summed E-state index contributed by atoms with van der Waals surface area (Å²) in [4.78, 5) is 48.1. The highest BCUT2D eigenvalue weighted by atomic mass is 32.1. The van der Waals surface area contributed by atoms with Crippen molar-refractivity contribution in [3.63, 3.8) is 0 Å². The van der Waals surface area contributed by atoms with Gasteiger partial charge in [0.15, 0.2) is 0 Å². The second-order valence-corrected chi connectivity index (χ2v) is 12.1. The number of hydrogen-bond donors (Lipinski definition) is 7. The van der Waals surface area contributed by atoms with Gasteiger partial charge in [-0.1, -0.05) is 0 Å². The predicted molar refractivity (Wildman–Crippen MR) is 165 cm³/mol. The van der Waals surface area contributed by atoms with Crippen molar-refractivity contribution >= 4 is 54.9 Å². The molecule has 2 saturated heterocycles. The van der Waals surface area contributed by atoms with Gasteiger partial charge in [-0.2, -0.15) is 4.73 Å². The Bertz CT molecular complexity index is 1460. The van der Waals surface area contributed by atoms with Gasteiger partial charge in [0.1, 0.15) is 6.42 Å². The summed E-state index contributed by atoms with van der Waals surface area (Å²) in [6, 6.07) is 6.27. The minimum atomic E-state index is -1.41. The summed E-state index contributed by atoms with van der Waals surface area (Å²) in [5.41, 5.74) is 0.943. The molecule has 4 heterocycles. The molecule has 2 aromatic heterocycles. The number of aromatic nitrogens is 1. The van der Waals surface area contributed by atoms with E-state index in [1.807, 2.05) is 0 Å². The van der Waals surface area contributed by atoms with Gasteiger partial charge in [0, 0.05) is 34.8 Å². The van der Waals surface area contributed by atoms with Gasteiger partial charge >= 0.3 is 26.2 Å². The predicted octanol–water partition coefficient (Wildman–Crippen LogP) is -0.254. The van der Waals surface area contributed by atoms with E-state index in [4.69, 9.17) is 19.5 Å². The first-order valence-electron chi connectivity index (χ1n) is 14.7. The highest BCUT2D eigenvalue weighted by Crippen LogP contribution is 2.30. The molecule has 4 atom stereocenters. The van der Waals surface area contributed by atoms with Crippen molar-refractivity contribution in [1.82, 2.24) is 10.6 Å². The molecule has 7 N–H and O–H groups in total. The Morgan fingerprint density at radius 2 is 1.70 bits per heavy atom. The van der Waals surface area contributed by atoms with Crippen LogP contribution in [0.4, 0.5) is 0 Å². The van der Waals surface area contributed by atoms with Crippen LogP contribution in [0.1, 0.15) is 49.1 Å². The van der Waals surface area contributed by atoms with Crippen molar-refractivity contribution in [3.05, 3.63) is 51.5 Å². The van der Waals surface area contributed by atoms with Gasteiger partial charge in [-0.3, -0.25) is 19.2 Å². The first-order valence-corrected chi connectivity index (χ1v) is 15.6. The number of pyridine rings is 1. The first kappa shape index (κ1) is 35.1. The molecule has 0 aliphatic carbocycles. The fourth-order valence-electron chi connectivity index (χ4n) is 5.43. The molecule has 2 aliphatic rings. The van der Waals surface area contributed by atoms with Crippen LogP contribution in [0.15, 0.2) is 35.7 Å². The van der Waals surface area contributed by atoms with Gasteiger partial charge in [-0.25, -0.2) is 0 Å². The summed E-state index contributed by atoms with van der Waals surface area (Å²) in [6.07, 6.45) is 0.781. The van der Waals surface area contributed by atoms with Crippen LogP contribution < -0.4 is 15.4 Å². The van der Waals surface area contributed by atoms with Gasteiger partial charge in [-0.05, 0) is 43.9 Å². The van der Waals surface area contributed by atoms with E-state index in [1.54, 1.807) is 23.6 Å². The maximum absolute atomic E-state index is 13.2. The quantitative estimate of drug-likeness (QED) is 0.0638. The first-order chi connectivity index (χ1) is 21.9. The van der Waals surface area contributed by atoms with Crippen molar-refractivity contribution in [2.75, 3.05) is 13.2 Å². The van der Waals surface area contributed by atoms with Crippen molar-refractivity contribution in [2.24, 2.45) is 0 Å². The third kappa shape index (κ3) is 9.37. The normalized spacial score (nSPS) is 21.9. The van der Waals surface area contributed by atoms with E-state index in [0.717, 1.165) is 11.3 Å². The number of aliphatic carboxylic acids is 2. The molecule has 18 heteroatoms. The molecular formula is C28H35B2N3O12S. The molecule has 0 saturated carbocycles. The van der Waals surface area contributed by atoms with Crippen LogP contribution in [0.5, 0.6) is 0 Å². The molecule has 246 valence electrons. The van der Waals surface area contributed by atoms with E-state index in [9.17, 15) is 39.5 Å². The lowest BCUT2D eigenvalue weighted by Crippen LogP contribution is -2.53. The van der Waals surface area contributed by atoms with E-state index in [2.05, 4.69) is 10.6 Å². The number of carbonyl (C=O) groups excluding carboxylic acids is 2. The number of carboxylic acids is 2. The summed E-state index contributed by atoms with van der Waals surface area (Å²) >= 11 is 1.15. The summed E-state index contributed by atoms with van der Waals surface area (Å²) in [6.45, 7) is -0.374. The summed E-state index contributed by atoms with van der Waals surface area (Å²) in [7, 11) is -2.63. The number of aliphatic hydroxyl groups is 1. The Hall–Kier alpha value is -3.80. The molecule has 2 aromatic rings. The lowest BCUT2D eigenvalue weighted by atomic mass is 9.66. The molecular weight excluding hydrogens is 624 g/mol. The minimum Gasteiger partial charge on any atom is -0.618 e. The van der Waals surface area contributed by atoms with Crippen LogP contribution in [-0.2, 0) is 34.9 Å². The topological polar surface area (TPSA) is 239 Å². The molecule has 0 bridgehead atoms. The Balaban J connectivity index is 1.37. The number of thiophene rings is 1. The van der Waals surface area contributed by atoms with Crippen LogP contribution in [-0.4, -0.2) is 94.7 Å². The molecule has 2 aliphatic heterocycles. The maximum Gasteiger partial charge on any atom is 0.478 e. The standard InChI is InChI=1S/C28H35B2N3O12S/c34-9-8-21(28(40)32-24-7-6-20(13-27(38)39)45-30(24)42)23-10-16(15-46-23)22-3-1-2-18(33(22)43)11-25(35)31-14-17-4-5-19(12-26(36)37)44-29(17)41/h1-3,8,10,15,17,19-20,24,34,41-42H,4-7,9,11-14H2,(H,31,35)(H,32,40)(H,36,37)(H,38,39)/b21-8-/t17-,19+,20+,24+/m1/s1. The third-order valence-corrected chi connectivity index (χ3v) is 8.78. The second-order valence-electron chi connectivity index (χ2n) is 11.2. The Kier molecular flexibility index (Phi) is 12.3. The summed E-state index contributed by atoms with van der Waals surface area (Å²) in [5, 5.41) is 68.2. The monoisotopic (exact) mass is 659 g/mol. The Morgan fingerprint density at radius 3 is 2.33 bits per heavy atom. The van der Waals surface area contributed by atoms with Gasteiger partial charge in [-0.15, -0.1) is 11.3 Å². The van der Waals surface area contributed by atoms with Crippen LogP contribution in [0.3, 0.4) is 0 Å². The number of aliphatic hydroxyl groups excluding tert-OH is 1. The molecule has 46 heavy (non-hydrogen) atoms. The van der Waals surface area contributed by atoms with Crippen molar-refractivity contribution in [1.29, 1.82) is 0 Å². The lowest BCUT2D eigenvalue weighted by molar-refractivity contribution is -0.601. The fraction of sp³-hybridized carbons (Fsp3) is 0.464. The highest BCUT2D eigenvalue weighted by molar-refractivity contribution is 7.12.